The van der Waals surface area contributed by atoms with Gasteiger partial charge >= 0.3 is 0 Å². The minimum absolute atomic E-state index is 0.0931. The number of aromatic nitrogens is 6. The molecule has 0 radical (unpaired) electrons. The van der Waals surface area contributed by atoms with E-state index < -0.39 is 0 Å². The molecule has 132 valence electrons. The molecule has 7 nitrogen and oxygen atoms in total. The monoisotopic (exact) mass is 374 g/mol. The molecular formula is C19H14N6OS. The molecule has 0 amide bonds. The number of hydrogen-bond donors (Lipinski definition) is 0. The number of benzene rings is 1. The van der Waals surface area contributed by atoms with Gasteiger partial charge in [0.25, 0.3) is 5.56 Å². The van der Waals surface area contributed by atoms with Gasteiger partial charge in [0.05, 0.1) is 11.2 Å². The van der Waals surface area contributed by atoms with Crippen LogP contribution < -0.4 is 5.56 Å². The summed E-state index contributed by atoms with van der Waals surface area (Å²) in [5, 5.41) is 6.16. The van der Waals surface area contributed by atoms with Gasteiger partial charge in [-0.05, 0) is 31.2 Å². The molecule has 0 N–H and O–H groups in total. The molecule has 0 unspecified atom stereocenters. The number of rotatable bonds is 3. The fourth-order valence-electron chi connectivity index (χ4n) is 3.04. The van der Waals surface area contributed by atoms with Gasteiger partial charge in [0.1, 0.15) is 11.5 Å². The molecule has 4 heterocycles. The highest BCUT2D eigenvalue weighted by Gasteiger charge is 2.13. The quantitative estimate of drug-likeness (QED) is 0.357. The van der Waals surface area contributed by atoms with E-state index in [1.807, 2.05) is 49.4 Å². The van der Waals surface area contributed by atoms with Gasteiger partial charge in [0.15, 0.2) is 10.8 Å². The van der Waals surface area contributed by atoms with Crippen LogP contribution in [0.2, 0.25) is 0 Å². The fraction of sp³-hybridized carbons (Fsp3) is 0.105. The summed E-state index contributed by atoms with van der Waals surface area (Å²) >= 11 is 1.49. The van der Waals surface area contributed by atoms with Crippen molar-refractivity contribution in [3.8, 4) is 0 Å². The summed E-state index contributed by atoms with van der Waals surface area (Å²) in [6, 6.07) is 14.9. The highest BCUT2D eigenvalue weighted by Crippen LogP contribution is 2.25. The van der Waals surface area contributed by atoms with Crippen molar-refractivity contribution in [2.45, 2.75) is 17.8 Å². The molecule has 0 spiro atoms. The maximum atomic E-state index is 12.3. The normalized spacial score (nSPS) is 11.6. The maximum Gasteiger partial charge on any atom is 0.258 e. The standard InChI is InChI=1S/C19H14N6OS/c1-12-20-18-14-6-2-3-7-15(14)22-19(25(18)23-12)27-11-13-10-17(26)24-9-5-4-8-16(24)21-13/h2-10H,11H2,1H3. The Hall–Kier alpha value is -3.26. The Kier molecular flexibility index (Phi) is 3.64. The first-order valence-electron chi connectivity index (χ1n) is 8.41. The molecule has 5 aromatic rings. The van der Waals surface area contributed by atoms with Gasteiger partial charge in [0, 0.05) is 23.4 Å². The van der Waals surface area contributed by atoms with E-state index >= 15 is 0 Å². The Morgan fingerprint density at radius 3 is 2.81 bits per heavy atom. The summed E-state index contributed by atoms with van der Waals surface area (Å²) in [7, 11) is 0. The smallest absolute Gasteiger partial charge is 0.258 e. The summed E-state index contributed by atoms with van der Waals surface area (Å²) < 4.78 is 3.29. The second kappa shape index (κ2) is 6.17. The van der Waals surface area contributed by atoms with Crippen molar-refractivity contribution >= 4 is 34.0 Å². The number of pyridine rings is 1. The van der Waals surface area contributed by atoms with Gasteiger partial charge in [-0.15, -0.1) is 5.10 Å². The first kappa shape index (κ1) is 16.0. The van der Waals surface area contributed by atoms with Crippen LogP contribution in [0.25, 0.3) is 22.2 Å². The lowest BCUT2D eigenvalue weighted by Crippen LogP contribution is -2.14. The molecule has 4 aromatic heterocycles. The second-order valence-electron chi connectivity index (χ2n) is 6.11. The highest BCUT2D eigenvalue weighted by molar-refractivity contribution is 7.98. The van der Waals surface area contributed by atoms with Crippen LogP contribution in [0.1, 0.15) is 11.5 Å². The Labute approximate surface area is 157 Å². The summed E-state index contributed by atoms with van der Waals surface area (Å²) in [6.45, 7) is 1.86. The number of fused-ring (bicyclic) bond motifs is 4. The summed E-state index contributed by atoms with van der Waals surface area (Å²) in [6.07, 6.45) is 1.72. The molecule has 5 rings (SSSR count). The molecule has 1 aromatic carbocycles. The maximum absolute atomic E-state index is 12.3. The van der Waals surface area contributed by atoms with E-state index in [1.165, 1.54) is 16.2 Å². The number of hydrogen-bond acceptors (Lipinski definition) is 6. The van der Waals surface area contributed by atoms with Crippen LogP contribution in [-0.4, -0.2) is 29.0 Å². The first-order valence-corrected chi connectivity index (χ1v) is 9.40. The molecule has 0 atom stereocenters. The predicted octanol–water partition coefficient (Wildman–Crippen LogP) is 2.89. The lowest BCUT2D eigenvalue weighted by molar-refractivity contribution is 0.796. The molecule has 27 heavy (non-hydrogen) atoms. The van der Waals surface area contributed by atoms with E-state index in [-0.39, 0.29) is 5.56 Å². The van der Waals surface area contributed by atoms with Crippen molar-refractivity contribution in [1.29, 1.82) is 0 Å². The van der Waals surface area contributed by atoms with E-state index in [4.69, 9.17) is 4.98 Å². The van der Waals surface area contributed by atoms with Crippen molar-refractivity contribution in [3.63, 3.8) is 0 Å². The van der Waals surface area contributed by atoms with E-state index in [2.05, 4.69) is 15.1 Å². The van der Waals surface area contributed by atoms with Gasteiger partial charge < -0.3 is 0 Å². The lowest BCUT2D eigenvalue weighted by Gasteiger charge is -2.06. The third-order valence-electron chi connectivity index (χ3n) is 4.23. The van der Waals surface area contributed by atoms with Gasteiger partial charge in [-0.2, -0.15) is 4.52 Å². The second-order valence-corrected chi connectivity index (χ2v) is 7.05. The zero-order valence-electron chi connectivity index (χ0n) is 14.4. The minimum atomic E-state index is -0.0931. The van der Waals surface area contributed by atoms with Crippen LogP contribution in [0.4, 0.5) is 0 Å². The van der Waals surface area contributed by atoms with Crippen molar-refractivity contribution in [2.24, 2.45) is 0 Å². The molecule has 0 saturated heterocycles. The Morgan fingerprint density at radius 1 is 1.04 bits per heavy atom. The number of nitrogens with zero attached hydrogens (tertiary/aromatic N) is 6. The fourth-order valence-corrected chi connectivity index (χ4v) is 3.88. The molecule has 8 heteroatoms. The zero-order chi connectivity index (χ0) is 18.4. The van der Waals surface area contributed by atoms with E-state index in [9.17, 15) is 4.79 Å². The Morgan fingerprint density at radius 2 is 1.89 bits per heavy atom. The minimum Gasteiger partial charge on any atom is -0.269 e. The third kappa shape index (κ3) is 2.74. The molecule has 0 fully saturated rings. The van der Waals surface area contributed by atoms with Gasteiger partial charge in [-0.25, -0.2) is 15.0 Å². The van der Waals surface area contributed by atoms with Crippen LogP contribution in [0.5, 0.6) is 0 Å². The third-order valence-corrected chi connectivity index (χ3v) is 5.19. The van der Waals surface area contributed by atoms with Crippen molar-refractivity contribution < 1.29 is 0 Å². The predicted molar refractivity (Wildman–Crippen MR) is 104 cm³/mol. The van der Waals surface area contributed by atoms with Gasteiger partial charge in [-0.1, -0.05) is 30.0 Å². The summed E-state index contributed by atoms with van der Waals surface area (Å²) in [5.41, 5.74) is 2.90. The highest BCUT2D eigenvalue weighted by atomic mass is 32.2. The van der Waals surface area contributed by atoms with Crippen molar-refractivity contribution in [3.05, 3.63) is 76.6 Å². The summed E-state index contributed by atoms with van der Waals surface area (Å²) in [4.78, 5) is 26.1. The first-order chi connectivity index (χ1) is 13.2. The molecular weight excluding hydrogens is 360 g/mol. The molecule has 0 aliphatic heterocycles. The van der Waals surface area contributed by atoms with Crippen LogP contribution in [0, 0.1) is 6.92 Å². The van der Waals surface area contributed by atoms with E-state index in [0.717, 1.165) is 21.7 Å². The summed E-state index contributed by atoms with van der Waals surface area (Å²) in [5.74, 6) is 1.21. The average Bonchev–Trinajstić information content (AvgIpc) is 3.08. The van der Waals surface area contributed by atoms with Gasteiger partial charge in [0.2, 0.25) is 0 Å². The van der Waals surface area contributed by atoms with Crippen LogP contribution in [0.3, 0.4) is 0 Å². The van der Waals surface area contributed by atoms with E-state index in [0.29, 0.717) is 22.9 Å². The number of thioether (sulfide) groups is 1. The topological polar surface area (TPSA) is 77.5 Å². The van der Waals surface area contributed by atoms with Crippen LogP contribution in [0.15, 0.2) is 64.7 Å². The molecule has 0 aliphatic rings. The van der Waals surface area contributed by atoms with Crippen LogP contribution >= 0.6 is 11.8 Å². The molecule has 0 bridgehead atoms. The zero-order valence-corrected chi connectivity index (χ0v) is 15.2. The molecule has 0 aliphatic carbocycles. The van der Waals surface area contributed by atoms with Crippen molar-refractivity contribution in [2.75, 3.05) is 0 Å². The lowest BCUT2D eigenvalue weighted by atomic mass is 10.2. The average molecular weight is 374 g/mol. The number of aryl methyl sites for hydroxylation is 1. The Balaban J connectivity index is 1.57. The SMILES string of the molecule is Cc1nc2c3ccccc3nc(SCc3cc(=O)n4ccccc4n3)n2n1. The largest absolute Gasteiger partial charge is 0.269 e. The Bertz CT molecular complexity index is 1370. The van der Waals surface area contributed by atoms with E-state index in [1.54, 1.807) is 16.8 Å². The number of para-hydroxylation sites is 1. The van der Waals surface area contributed by atoms with Gasteiger partial charge in [-0.3, -0.25) is 9.20 Å². The molecule has 0 saturated carbocycles. The van der Waals surface area contributed by atoms with Crippen LogP contribution in [-0.2, 0) is 5.75 Å². The van der Waals surface area contributed by atoms with Crippen molar-refractivity contribution in [1.82, 2.24) is 29.0 Å².